The largest absolute Gasteiger partial charge is 0.352 e. The number of hydrogen-bond donors (Lipinski definition) is 1. The quantitative estimate of drug-likeness (QED) is 0.840. The Hall–Kier alpha value is -2.13. The molecule has 0 aliphatic carbocycles. The van der Waals surface area contributed by atoms with Crippen molar-refractivity contribution in [3.8, 4) is 0 Å². The molecule has 0 bridgehead atoms. The highest BCUT2D eigenvalue weighted by Gasteiger charge is 2.20. The first-order valence-corrected chi connectivity index (χ1v) is 9.39. The lowest BCUT2D eigenvalue weighted by atomic mass is 10.0. The number of aryl methyl sites for hydroxylation is 1. The number of benzene rings is 2. The second-order valence-electron chi connectivity index (χ2n) is 6.93. The number of carbonyl (C=O) groups is 1. The molecular weight excluding hydrogens is 308 g/mol. The number of piperidine rings is 1. The molecular formula is C22H28N2O. The fourth-order valence-corrected chi connectivity index (χ4v) is 3.51. The van der Waals surface area contributed by atoms with E-state index < -0.39 is 0 Å². The minimum absolute atomic E-state index is 0.179. The summed E-state index contributed by atoms with van der Waals surface area (Å²) in [5.74, 6) is 0.179. The van der Waals surface area contributed by atoms with Gasteiger partial charge in [-0.3, -0.25) is 4.79 Å². The summed E-state index contributed by atoms with van der Waals surface area (Å²) in [5, 5.41) is 3.24. The van der Waals surface area contributed by atoms with Crippen molar-refractivity contribution in [3.63, 3.8) is 0 Å². The Morgan fingerprint density at radius 2 is 1.60 bits per heavy atom. The van der Waals surface area contributed by atoms with E-state index in [0.29, 0.717) is 12.5 Å². The number of hydrogen-bond acceptors (Lipinski definition) is 2. The van der Waals surface area contributed by atoms with Crippen LogP contribution in [0.1, 0.15) is 30.4 Å². The fourth-order valence-electron chi connectivity index (χ4n) is 3.51. The molecule has 3 nitrogen and oxygen atoms in total. The van der Waals surface area contributed by atoms with E-state index in [0.717, 1.165) is 38.9 Å². The maximum atomic E-state index is 12.2. The van der Waals surface area contributed by atoms with E-state index in [4.69, 9.17) is 0 Å². The van der Waals surface area contributed by atoms with Gasteiger partial charge in [0.1, 0.15) is 0 Å². The molecule has 1 aliphatic heterocycles. The van der Waals surface area contributed by atoms with E-state index in [-0.39, 0.29) is 5.91 Å². The first-order valence-electron chi connectivity index (χ1n) is 9.39. The molecule has 1 fully saturated rings. The van der Waals surface area contributed by atoms with E-state index in [2.05, 4.69) is 52.7 Å². The number of nitrogens with zero attached hydrogens (tertiary/aromatic N) is 1. The Kier molecular flexibility index (Phi) is 6.63. The van der Waals surface area contributed by atoms with Crippen molar-refractivity contribution in [2.24, 2.45) is 0 Å². The summed E-state index contributed by atoms with van der Waals surface area (Å²) < 4.78 is 0. The molecule has 25 heavy (non-hydrogen) atoms. The zero-order valence-corrected chi connectivity index (χ0v) is 14.9. The lowest BCUT2D eigenvalue weighted by molar-refractivity contribution is -0.122. The zero-order valence-electron chi connectivity index (χ0n) is 14.9. The molecule has 0 spiro atoms. The van der Waals surface area contributed by atoms with E-state index in [1.54, 1.807) is 0 Å². The van der Waals surface area contributed by atoms with Gasteiger partial charge in [0.05, 0.1) is 0 Å². The standard InChI is InChI=1S/C22H28N2O/c25-22(14-13-19-8-3-1-4-9-19)23-21-12-7-16-24(18-21)17-15-20-10-5-2-6-11-20/h1-6,8-11,21H,7,12-18H2,(H,23,25)/t21-/m1/s1. The van der Waals surface area contributed by atoms with Crippen LogP contribution >= 0.6 is 0 Å². The van der Waals surface area contributed by atoms with Crippen LogP contribution in [0.5, 0.6) is 0 Å². The third-order valence-corrected chi connectivity index (χ3v) is 4.91. The van der Waals surface area contributed by atoms with E-state index in [9.17, 15) is 4.79 Å². The molecule has 1 amide bonds. The van der Waals surface area contributed by atoms with Gasteiger partial charge in [-0.1, -0.05) is 60.7 Å². The van der Waals surface area contributed by atoms with Gasteiger partial charge in [-0.2, -0.15) is 0 Å². The Morgan fingerprint density at radius 3 is 2.28 bits per heavy atom. The molecule has 0 radical (unpaired) electrons. The van der Waals surface area contributed by atoms with Crippen LogP contribution in [-0.2, 0) is 17.6 Å². The van der Waals surface area contributed by atoms with Crippen LogP contribution in [0.2, 0.25) is 0 Å². The maximum absolute atomic E-state index is 12.2. The highest BCUT2D eigenvalue weighted by molar-refractivity contribution is 5.76. The Morgan fingerprint density at radius 1 is 0.960 bits per heavy atom. The monoisotopic (exact) mass is 336 g/mol. The van der Waals surface area contributed by atoms with Gasteiger partial charge in [0.2, 0.25) is 5.91 Å². The molecule has 132 valence electrons. The van der Waals surface area contributed by atoms with E-state index >= 15 is 0 Å². The van der Waals surface area contributed by atoms with Gasteiger partial charge >= 0.3 is 0 Å². The van der Waals surface area contributed by atoms with Gasteiger partial charge < -0.3 is 10.2 Å². The van der Waals surface area contributed by atoms with Crippen LogP contribution in [-0.4, -0.2) is 36.5 Å². The zero-order chi connectivity index (χ0) is 17.3. The van der Waals surface area contributed by atoms with Crippen molar-refractivity contribution >= 4 is 5.91 Å². The summed E-state index contributed by atoms with van der Waals surface area (Å²) in [6.07, 6.45) is 4.73. The summed E-state index contributed by atoms with van der Waals surface area (Å²) in [4.78, 5) is 14.7. The van der Waals surface area contributed by atoms with Gasteiger partial charge in [-0.25, -0.2) is 0 Å². The van der Waals surface area contributed by atoms with E-state index in [1.807, 2.05) is 18.2 Å². The minimum Gasteiger partial charge on any atom is -0.352 e. The van der Waals surface area contributed by atoms with Crippen molar-refractivity contribution in [2.45, 2.75) is 38.1 Å². The number of amides is 1. The van der Waals surface area contributed by atoms with Crippen molar-refractivity contribution in [1.29, 1.82) is 0 Å². The molecule has 1 heterocycles. The molecule has 1 saturated heterocycles. The predicted molar refractivity (Wildman–Crippen MR) is 103 cm³/mol. The topological polar surface area (TPSA) is 32.3 Å². The third kappa shape index (κ3) is 6.02. The normalized spacial score (nSPS) is 18.0. The van der Waals surface area contributed by atoms with Crippen molar-refractivity contribution in [3.05, 3.63) is 71.8 Å². The number of carbonyl (C=O) groups excluding carboxylic acids is 1. The van der Waals surface area contributed by atoms with Crippen LogP contribution in [0.25, 0.3) is 0 Å². The Balaban J connectivity index is 1.39. The van der Waals surface area contributed by atoms with Gasteiger partial charge in [0.15, 0.2) is 0 Å². The highest BCUT2D eigenvalue weighted by atomic mass is 16.1. The highest BCUT2D eigenvalue weighted by Crippen LogP contribution is 2.12. The summed E-state index contributed by atoms with van der Waals surface area (Å²) in [6.45, 7) is 3.19. The maximum Gasteiger partial charge on any atom is 0.220 e. The predicted octanol–water partition coefficient (Wildman–Crippen LogP) is 3.44. The van der Waals surface area contributed by atoms with Crippen LogP contribution < -0.4 is 5.32 Å². The minimum atomic E-state index is 0.179. The molecule has 3 rings (SSSR count). The fraction of sp³-hybridized carbons (Fsp3) is 0.409. The van der Waals surface area contributed by atoms with Crippen LogP contribution in [0.4, 0.5) is 0 Å². The Labute approximate surface area is 151 Å². The van der Waals surface area contributed by atoms with Gasteiger partial charge in [-0.15, -0.1) is 0 Å². The summed E-state index contributed by atoms with van der Waals surface area (Å²) >= 11 is 0. The molecule has 1 N–H and O–H groups in total. The van der Waals surface area contributed by atoms with E-state index in [1.165, 1.54) is 17.5 Å². The lowest BCUT2D eigenvalue weighted by Crippen LogP contribution is -2.48. The van der Waals surface area contributed by atoms with Crippen molar-refractivity contribution in [2.75, 3.05) is 19.6 Å². The average molecular weight is 336 g/mol. The molecule has 0 aromatic heterocycles. The van der Waals surface area contributed by atoms with Crippen LogP contribution in [0.15, 0.2) is 60.7 Å². The number of nitrogens with one attached hydrogen (secondary N) is 1. The molecule has 1 atom stereocenters. The second kappa shape index (κ2) is 9.38. The van der Waals surface area contributed by atoms with Gasteiger partial charge in [-0.05, 0) is 43.4 Å². The smallest absolute Gasteiger partial charge is 0.220 e. The second-order valence-corrected chi connectivity index (χ2v) is 6.93. The third-order valence-electron chi connectivity index (χ3n) is 4.91. The molecule has 2 aromatic rings. The van der Waals surface area contributed by atoms with Crippen LogP contribution in [0.3, 0.4) is 0 Å². The molecule has 0 unspecified atom stereocenters. The van der Waals surface area contributed by atoms with Crippen molar-refractivity contribution in [1.82, 2.24) is 10.2 Å². The summed E-state index contributed by atoms with van der Waals surface area (Å²) in [6, 6.07) is 21.2. The van der Waals surface area contributed by atoms with Crippen molar-refractivity contribution < 1.29 is 4.79 Å². The first-order chi connectivity index (χ1) is 12.3. The average Bonchev–Trinajstić information content (AvgIpc) is 2.67. The molecule has 0 saturated carbocycles. The van der Waals surface area contributed by atoms with Gasteiger partial charge in [0.25, 0.3) is 0 Å². The SMILES string of the molecule is O=C(CCc1ccccc1)N[C@@H]1CCCN(CCc2ccccc2)C1. The lowest BCUT2D eigenvalue weighted by Gasteiger charge is -2.33. The van der Waals surface area contributed by atoms with Crippen LogP contribution in [0, 0.1) is 0 Å². The molecule has 1 aliphatic rings. The number of likely N-dealkylation sites (tertiary alicyclic amines) is 1. The molecule has 3 heteroatoms. The van der Waals surface area contributed by atoms with Gasteiger partial charge in [0, 0.05) is 25.6 Å². The Bertz CT molecular complexity index is 642. The summed E-state index contributed by atoms with van der Waals surface area (Å²) in [7, 11) is 0. The molecule has 2 aromatic carbocycles. The summed E-state index contributed by atoms with van der Waals surface area (Å²) in [5.41, 5.74) is 2.61. The first kappa shape index (κ1) is 17.7. The number of rotatable bonds is 7.